The van der Waals surface area contributed by atoms with E-state index in [2.05, 4.69) is 0 Å². The van der Waals surface area contributed by atoms with Crippen molar-refractivity contribution in [3.8, 4) is 0 Å². The second-order valence-corrected chi connectivity index (χ2v) is 15.7. The number of methoxy groups -OCH3 is 1. The molecule has 0 aliphatic carbocycles. The lowest BCUT2D eigenvalue weighted by Gasteiger charge is -2.34. The van der Waals surface area contributed by atoms with Crippen LogP contribution in [-0.2, 0) is 52.4 Å². The van der Waals surface area contributed by atoms with Crippen molar-refractivity contribution in [2.75, 3.05) is 79.3 Å². The van der Waals surface area contributed by atoms with E-state index in [9.17, 15) is 29.1 Å². The number of carboxylic acid groups (broad SMARTS) is 1. The molecular weight excluding hydrogens is 642 g/mol. The van der Waals surface area contributed by atoms with Crippen molar-refractivity contribution in [1.82, 2.24) is 14.7 Å². The zero-order valence-electron chi connectivity index (χ0n) is 32.1. The Balaban J connectivity index is 6.25. The Bertz CT molecular complexity index is 1020. The van der Waals surface area contributed by atoms with Gasteiger partial charge < -0.3 is 33.5 Å². The molecule has 1 unspecified atom stereocenters. The molecule has 286 valence electrons. The van der Waals surface area contributed by atoms with Crippen LogP contribution in [0.2, 0.25) is 0 Å². The normalized spacial score (nSPS) is 13.4. The van der Waals surface area contributed by atoms with Crippen LogP contribution in [0, 0.1) is 0 Å². The molecule has 0 bridgehead atoms. The van der Waals surface area contributed by atoms with Gasteiger partial charge >= 0.3 is 29.8 Å². The van der Waals surface area contributed by atoms with E-state index in [4.69, 9.17) is 28.4 Å². The van der Waals surface area contributed by atoms with Crippen molar-refractivity contribution in [2.45, 2.75) is 112 Å². The number of hydrogen-bond donors (Lipinski definition) is 1. The molecule has 49 heavy (non-hydrogen) atoms. The van der Waals surface area contributed by atoms with E-state index < -0.39 is 64.8 Å². The zero-order valence-corrected chi connectivity index (χ0v) is 32.1. The van der Waals surface area contributed by atoms with Crippen LogP contribution in [0.1, 0.15) is 83.1 Å². The Morgan fingerprint density at radius 3 is 1.37 bits per heavy atom. The number of hydrogen-bond acceptors (Lipinski definition) is 14. The Morgan fingerprint density at radius 2 is 0.959 bits per heavy atom. The molecule has 0 rings (SSSR count). The van der Waals surface area contributed by atoms with Crippen molar-refractivity contribution in [3.63, 3.8) is 0 Å². The summed E-state index contributed by atoms with van der Waals surface area (Å²) in [5.41, 5.74) is -3.13. The highest BCUT2D eigenvalue weighted by atomic mass is 16.6. The fraction of sp³-hybridized carbons (Fsp3) is 0.853. The van der Waals surface area contributed by atoms with Gasteiger partial charge in [-0.3, -0.25) is 38.7 Å². The largest absolute Gasteiger partial charge is 0.480 e. The highest BCUT2D eigenvalue weighted by Gasteiger charge is 2.34. The van der Waals surface area contributed by atoms with E-state index in [0.717, 1.165) is 0 Å². The minimum atomic E-state index is -1.11. The van der Waals surface area contributed by atoms with Gasteiger partial charge in [-0.2, -0.15) is 0 Å². The number of esters is 4. The van der Waals surface area contributed by atoms with Crippen LogP contribution in [0.3, 0.4) is 0 Å². The molecule has 0 aliphatic rings. The number of nitrogens with zero attached hydrogens (tertiary/aromatic N) is 3. The van der Waals surface area contributed by atoms with Crippen molar-refractivity contribution in [2.24, 2.45) is 0 Å². The summed E-state index contributed by atoms with van der Waals surface area (Å²) in [6.45, 7) is 20.2. The summed E-state index contributed by atoms with van der Waals surface area (Å²) in [7, 11) is 1.52. The van der Waals surface area contributed by atoms with Crippen LogP contribution in [0.4, 0.5) is 0 Å². The Morgan fingerprint density at radius 1 is 0.551 bits per heavy atom. The van der Waals surface area contributed by atoms with Gasteiger partial charge in [-0.05, 0) is 83.1 Å². The lowest BCUT2D eigenvalue weighted by Crippen LogP contribution is -2.52. The first kappa shape index (κ1) is 46.1. The van der Waals surface area contributed by atoms with Crippen LogP contribution in [0.5, 0.6) is 0 Å². The van der Waals surface area contributed by atoms with Crippen molar-refractivity contribution in [1.29, 1.82) is 0 Å². The van der Waals surface area contributed by atoms with Gasteiger partial charge in [0.15, 0.2) is 0 Å². The summed E-state index contributed by atoms with van der Waals surface area (Å²) in [5, 5.41) is 9.73. The van der Waals surface area contributed by atoms with Gasteiger partial charge in [0.05, 0.1) is 46.0 Å². The fourth-order valence-corrected chi connectivity index (χ4v) is 4.25. The molecule has 15 heteroatoms. The number of carbonyl (C=O) groups is 5. The molecule has 1 N–H and O–H groups in total. The Kier molecular flexibility index (Phi) is 19.5. The van der Waals surface area contributed by atoms with Crippen LogP contribution < -0.4 is 0 Å². The molecule has 0 saturated carbocycles. The minimum absolute atomic E-state index is 0.0439. The first-order chi connectivity index (χ1) is 22.2. The first-order valence-corrected chi connectivity index (χ1v) is 16.6. The van der Waals surface area contributed by atoms with Gasteiger partial charge in [0, 0.05) is 33.3 Å². The van der Waals surface area contributed by atoms with Gasteiger partial charge in [0.2, 0.25) is 0 Å². The highest BCUT2D eigenvalue weighted by Crippen LogP contribution is 2.15. The smallest absolute Gasteiger partial charge is 0.326 e. The lowest BCUT2D eigenvalue weighted by molar-refractivity contribution is -0.168. The topological polar surface area (TPSA) is 171 Å². The van der Waals surface area contributed by atoms with E-state index in [1.54, 1.807) is 92.9 Å². The van der Waals surface area contributed by atoms with E-state index in [0.29, 0.717) is 0 Å². The third-order valence-electron chi connectivity index (χ3n) is 5.92. The number of carbonyl (C=O) groups excluding carboxylic acids is 4. The summed E-state index contributed by atoms with van der Waals surface area (Å²) in [5.74, 6) is -3.45. The molecule has 1 atom stereocenters. The molecule has 0 fully saturated rings. The van der Waals surface area contributed by atoms with E-state index in [-0.39, 0.29) is 65.6 Å². The quantitative estimate of drug-likeness (QED) is 0.105. The number of aliphatic carboxylic acids is 1. The maximum atomic E-state index is 13.4. The second-order valence-electron chi connectivity index (χ2n) is 15.7. The predicted octanol–water partition coefficient (Wildman–Crippen LogP) is 2.38. The van der Waals surface area contributed by atoms with E-state index in [1.165, 1.54) is 12.0 Å². The van der Waals surface area contributed by atoms with Crippen LogP contribution >= 0.6 is 0 Å². The SMILES string of the molecule is COCCOCC(C(=O)OC(C)(C)C)N(CCN(CCN(CC(=O)OC(C)(C)C)CC(=O)OC(C)(C)C)CC(=O)O)CC(=O)OC(C)(C)C. The van der Waals surface area contributed by atoms with Gasteiger partial charge in [0.25, 0.3) is 0 Å². The van der Waals surface area contributed by atoms with Crippen molar-refractivity contribution < 1.29 is 57.5 Å². The Hall–Kier alpha value is -2.85. The molecule has 0 aromatic carbocycles. The molecule has 0 radical (unpaired) electrons. The standard InChI is InChI=1S/C34H63N3O12/c1-31(2,3)46-27(40)21-36(22-28(41)47-32(4,5)6)15-14-35(20-26(38)39)16-17-37(23-29(42)48-33(7,8)9)25(24-45-19-18-44-13)30(43)49-34(10,11)12/h25H,14-24H2,1-13H3,(H,38,39). The Labute approximate surface area is 292 Å². The maximum absolute atomic E-state index is 13.4. The predicted molar refractivity (Wildman–Crippen MR) is 182 cm³/mol. The molecule has 0 spiro atoms. The fourth-order valence-electron chi connectivity index (χ4n) is 4.25. The first-order valence-electron chi connectivity index (χ1n) is 16.6. The molecular formula is C34H63N3O12. The van der Waals surface area contributed by atoms with Crippen LogP contribution in [0.15, 0.2) is 0 Å². The molecule has 0 aromatic heterocycles. The summed E-state index contributed by atoms with van der Waals surface area (Å²) >= 11 is 0. The molecule has 15 nitrogen and oxygen atoms in total. The number of ether oxygens (including phenoxy) is 6. The highest BCUT2D eigenvalue weighted by molar-refractivity contribution is 5.78. The summed E-state index contributed by atoms with van der Waals surface area (Å²) < 4.78 is 32.9. The molecule has 0 heterocycles. The zero-order chi connectivity index (χ0) is 38.2. The lowest BCUT2D eigenvalue weighted by atomic mass is 10.1. The number of rotatable bonds is 21. The van der Waals surface area contributed by atoms with Gasteiger partial charge in [-0.15, -0.1) is 0 Å². The van der Waals surface area contributed by atoms with Gasteiger partial charge in [0.1, 0.15) is 28.4 Å². The summed E-state index contributed by atoms with van der Waals surface area (Å²) in [4.78, 5) is 68.4. The van der Waals surface area contributed by atoms with Gasteiger partial charge in [-0.1, -0.05) is 0 Å². The average Bonchev–Trinajstić information content (AvgIpc) is 2.84. The molecule has 0 amide bonds. The number of carboxylic acids is 1. The summed E-state index contributed by atoms with van der Waals surface area (Å²) in [6.07, 6.45) is 0. The van der Waals surface area contributed by atoms with Crippen molar-refractivity contribution >= 4 is 29.8 Å². The average molecular weight is 706 g/mol. The van der Waals surface area contributed by atoms with E-state index >= 15 is 0 Å². The maximum Gasteiger partial charge on any atom is 0.326 e. The molecule has 0 saturated heterocycles. The summed E-state index contributed by atoms with van der Waals surface area (Å²) in [6, 6.07) is -1.04. The van der Waals surface area contributed by atoms with Crippen LogP contribution in [-0.4, -0.2) is 157 Å². The second kappa shape index (κ2) is 20.7. The minimum Gasteiger partial charge on any atom is -0.480 e. The van der Waals surface area contributed by atoms with Crippen LogP contribution in [0.25, 0.3) is 0 Å². The molecule has 0 aliphatic heterocycles. The third kappa shape index (κ3) is 25.7. The molecule has 0 aromatic rings. The van der Waals surface area contributed by atoms with Gasteiger partial charge in [-0.25, -0.2) is 0 Å². The van der Waals surface area contributed by atoms with E-state index in [1.807, 2.05) is 0 Å². The van der Waals surface area contributed by atoms with Crippen molar-refractivity contribution in [3.05, 3.63) is 0 Å². The monoisotopic (exact) mass is 705 g/mol. The third-order valence-corrected chi connectivity index (χ3v) is 5.92.